The van der Waals surface area contributed by atoms with Crippen LogP contribution in [0.4, 0.5) is 0 Å². The Morgan fingerprint density at radius 3 is 2.32 bits per heavy atom. The van der Waals surface area contributed by atoms with E-state index in [1.54, 1.807) is 36.4 Å². The minimum absolute atomic E-state index is 0.0554. The Morgan fingerprint density at radius 1 is 1.16 bits per heavy atom. The number of aromatic hydroxyl groups is 1. The molecule has 1 rings (SSSR count). The first-order chi connectivity index (χ1) is 11.8. The van der Waals surface area contributed by atoms with Crippen molar-refractivity contribution in [3.05, 3.63) is 84.7 Å². The second-order valence-corrected chi connectivity index (χ2v) is 5.89. The number of phenols is 1. The summed E-state index contributed by atoms with van der Waals surface area (Å²) < 4.78 is 4.79. The minimum Gasteiger partial charge on any atom is -0.508 e. The maximum Gasteiger partial charge on any atom is 0.185 e. The third kappa shape index (κ3) is 6.18. The Balaban J connectivity index is 3.02. The zero-order valence-electron chi connectivity index (χ0n) is 14.8. The summed E-state index contributed by atoms with van der Waals surface area (Å²) in [7, 11) is 1.47. The molecule has 1 aromatic rings. The molecule has 1 aromatic carbocycles. The first-order valence-electron chi connectivity index (χ1n) is 7.76. The molecule has 0 aliphatic heterocycles. The van der Waals surface area contributed by atoms with Gasteiger partial charge < -0.3 is 14.9 Å². The van der Waals surface area contributed by atoms with Crippen molar-refractivity contribution in [1.29, 1.82) is 0 Å². The topological polar surface area (TPSA) is 66.8 Å². The highest BCUT2D eigenvalue weighted by molar-refractivity contribution is 6.05. The number of phenolic OH excluding ortho intramolecular Hbond substituents is 1. The molecular weight excluding hydrogens is 316 g/mol. The second-order valence-electron chi connectivity index (χ2n) is 5.89. The van der Waals surface area contributed by atoms with Crippen molar-refractivity contribution >= 4 is 11.5 Å². The Kier molecular flexibility index (Phi) is 7.47. The Bertz CT molecular complexity index is 717. The predicted molar refractivity (Wildman–Crippen MR) is 101 cm³/mol. The van der Waals surface area contributed by atoms with Gasteiger partial charge in [0.25, 0.3) is 0 Å². The van der Waals surface area contributed by atoms with Gasteiger partial charge in [-0.15, -0.1) is 6.58 Å². The number of ketones is 1. The molecule has 0 aliphatic rings. The highest BCUT2D eigenvalue weighted by atomic mass is 16.5. The summed E-state index contributed by atoms with van der Waals surface area (Å²) in [5.74, 6) is 0.0110. The number of aliphatic hydroxyl groups is 1. The van der Waals surface area contributed by atoms with Gasteiger partial charge in [-0.25, -0.2) is 0 Å². The van der Waals surface area contributed by atoms with Crippen LogP contribution < -0.4 is 0 Å². The van der Waals surface area contributed by atoms with Crippen LogP contribution in [0.2, 0.25) is 0 Å². The van der Waals surface area contributed by atoms with Crippen LogP contribution in [-0.4, -0.2) is 23.1 Å². The van der Waals surface area contributed by atoms with Gasteiger partial charge in [-0.05, 0) is 30.3 Å². The molecule has 0 radical (unpaired) electrons. The lowest BCUT2D eigenvalue weighted by Gasteiger charge is -2.21. The van der Waals surface area contributed by atoms with Gasteiger partial charge in [-0.2, -0.15) is 0 Å². The Hall–Kier alpha value is -3.01. The fraction of sp³-hybridized carbons (Fsp3) is 0.190. The van der Waals surface area contributed by atoms with E-state index in [1.807, 2.05) is 13.8 Å². The van der Waals surface area contributed by atoms with Crippen LogP contribution in [0.1, 0.15) is 19.4 Å². The Labute approximate surface area is 148 Å². The van der Waals surface area contributed by atoms with Crippen LogP contribution in [0.25, 0.3) is 5.76 Å². The van der Waals surface area contributed by atoms with Crippen molar-refractivity contribution in [2.24, 2.45) is 5.41 Å². The fourth-order valence-corrected chi connectivity index (χ4v) is 1.97. The number of allylic oxidation sites excluding steroid dienone is 7. The van der Waals surface area contributed by atoms with Crippen LogP contribution in [0, 0.1) is 5.41 Å². The molecule has 0 amide bonds. The summed E-state index contributed by atoms with van der Waals surface area (Å²) in [4.78, 5) is 12.3. The van der Waals surface area contributed by atoms with Crippen molar-refractivity contribution in [2.75, 3.05) is 7.11 Å². The largest absolute Gasteiger partial charge is 0.508 e. The van der Waals surface area contributed by atoms with Gasteiger partial charge in [0.15, 0.2) is 5.78 Å². The number of benzene rings is 1. The first kappa shape index (κ1) is 20.0. The van der Waals surface area contributed by atoms with Crippen LogP contribution in [0.15, 0.2) is 79.1 Å². The minimum atomic E-state index is -0.512. The number of carbonyl (C=O) groups is 1. The van der Waals surface area contributed by atoms with E-state index in [9.17, 15) is 15.0 Å². The maximum atomic E-state index is 12.3. The number of aliphatic hydroxyl groups excluding tert-OH is 1. The van der Waals surface area contributed by atoms with Gasteiger partial charge in [-0.1, -0.05) is 38.2 Å². The lowest BCUT2D eigenvalue weighted by molar-refractivity contribution is -0.112. The van der Waals surface area contributed by atoms with Crippen LogP contribution >= 0.6 is 0 Å². The standard InChI is InChI=1S/C21H24O4/c1-5-21(2,3)18(20(24)14-15-25-4)8-6-7-9-19(23)16-10-12-17(22)13-11-16/h5-15,22-23H,1H2,2-4H3/b7-6?,15-14+,18-8?,19-9?. The van der Waals surface area contributed by atoms with Crippen LogP contribution in [0.3, 0.4) is 0 Å². The average molecular weight is 340 g/mol. The van der Waals surface area contributed by atoms with Crippen molar-refractivity contribution in [3.63, 3.8) is 0 Å². The molecule has 0 bridgehead atoms. The van der Waals surface area contributed by atoms with Gasteiger partial charge in [0.05, 0.1) is 13.4 Å². The molecule has 0 aromatic heterocycles. The molecule has 0 fully saturated rings. The number of carbonyl (C=O) groups excluding carboxylic acids is 1. The van der Waals surface area contributed by atoms with E-state index in [4.69, 9.17) is 4.74 Å². The highest BCUT2D eigenvalue weighted by Gasteiger charge is 2.23. The summed E-state index contributed by atoms with van der Waals surface area (Å²) in [6.45, 7) is 7.56. The van der Waals surface area contributed by atoms with Crippen molar-refractivity contribution in [2.45, 2.75) is 13.8 Å². The summed E-state index contributed by atoms with van der Waals surface area (Å²) in [6, 6.07) is 6.20. The molecule has 4 heteroatoms. The molecule has 4 nitrogen and oxygen atoms in total. The third-order valence-electron chi connectivity index (χ3n) is 3.62. The quantitative estimate of drug-likeness (QED) is 0.311. The normalized spacial score (nSPS) is 13.4. The summed E-state index contributed by atoms with van der Waals surface area (Å²) >= 11 is 0. The van der Waals surface area contributed by atoms with Crippen molar-refractivity contribution < 1.29 is 19.7 Å². The summed E-state index contributed by atoms with van der Waals surface area (Å²) in [6.07, 6.45) is 10.9. The summed E-state index contributed by atoms with van der Waals surface area (Å²) in [5, 5.41) is 19.3. The Morgan fingerprint density at radius 2 is 1.76 bits per heavy atom. The zero-order valence-corrected chi connectivity index (χ0v) is 14.8. The smallest absolute Gasteiger partial charge is 0.185 e. The van der Waals surface area contributed by atoms with E-state index in [1.165, 1.54) is 37.7 Å². The second kappa shape index (κ2) is 9.33. The van der Waals surface area contributed by atoms with Crippen molar-refractivity contribution in [1.82, 2.24) is 0 Å². The molecule has 0 atom stereocenters. The van der Waals surface area contributed by atoms with E-state index in [-0.39, 0.29) is 17.3 Å². The molecule has 0 saturated heterocycles. The molecule has 25 heavy (non-hydrogen) atoms. The van der Waals surface area contributed by atoms with Gasteiger partial charge >= 0.3 is 0 Å². The SMILES string of the molecule is C=CC(C)(C)C(=CC=CC=C(O)c1ccc(O)cc1)C(=O)/C=C/OC. The van der Waals surface area contributed by atoms with E-state index in [0.717, 1.165) is 0 Å². The molecular formula is C21H24O4. The van der Waals surface area contributed by atoms with Crippen LogP contribution in [0.5, 0.6) is 5.75 Å². The van der Waals surface area contributed by atoms with E-state index in [0.29, 0.717) is 11.1 Å². The summed E-state index contributed by atoms with van der Waals surface area (Å²) in [5.41, 5.74) is 0.615. The lowest BCUT2D eigenvalue weighted by atomic mass is 9.81. The molecule has 0 unspecified atom stereocenters. The monoisotopic (exact) mass is 340 g/mol. The molecule has 0 saturated carbocycles. The maximum absolute atomic E-state index is 12.3. The lowest BCUT2D eigenvalue weighted by Crippen LogP contribution is -2.17. The van der Waals surface area contributed by atoms with E-state index in [2.05, 4.69) is 6.58 Å². The number of rotatable bonds is 8. The van der Waals surface area contributed by atoms with Gasteiger partial charge in [0, 0.05) is 22.6 Å². The number of hydrogen-bond donors (Lipinski definition) is 2. The number of ether oxygens (including phenoxy) is 1. The first-order valence-corrected chi connectivity index (χ1v) is 7.76. The van der Waals surface area contributed by atoms with E-state index < -0.39 is 5.41 Å². The van der Waals surface area contributed by atoms with Crippen molar-refractivity contribution in [3.8, 4) is 5.75 Å². The molecule has 0 aliphatic carbocycles. The van der Waals surface area contributed by atoms with E-state index >= 15 is 0 Å². The highest BCUT2D eigenvalue weighted by Crippen LogP contribution is 2.28. The molecule has 132 valence electrons. The average Bonchev–Trinajstić information content (AvgIpc) is 2.59. The van der Waals surface area contributed by atoms with Crippen LogP contribution in [-0.2, 0) is 9.53 Å². The third-order valence-corrected chi connectivity index (χ3v) is 3.62. The van der Waals surface area contributed by atoms with Gasteiger partial charge in [0.1, 0.15) is 11.5 Å². The zero-order chi connectivity index (χ0) is 18.9. The van der Waals surface area contributed by atoms with Gasteiger partial charge in [0.2, 0.25) is 0 Å². The predicted octanol–water partition coefficient (Wildman–Crippen LogP) is 4.72. The fourth-order valence-electron chi connectivity index (χ4n) is 1.97. The van der Waals surface area contributed by atoms with Gasteiger partial charge in [-0.3, -0.25) is 4.79 Å². The molecule has 0 spiro atoms. The molecule has 0 heterocycles. The molecule has 2 N–H and O–H groups in total. The number of methoxy groups -OCH3 is 1. The number of hydrogen-bond acceptors (Lipinski definition) is 4.